The fourth-order valence-corrected chi connectivity index (χ4v) is 3.98. The second-order valence-electron chi connectivity index (χ2n) is 1.95. The van der Waals surface area contributed by atoms with Crippen molar-refractivity contribution < 1.29 is 0 Å². The van der Waals surface area contributed by atoms with Gasteiger partial charge in [-0.3, -0.25) is 0 Å². The molecule has 42 valence electrons. The number of rotatable bonds is 0. The molecule has 0 radical (unpaired) electrons. The van der Waals surface area contributed by atoms with Gasteiger partial charge >= 0.3 is 54.5 Å². The summed E-state index contributed by atoms with van der Waals surface area (Å²) in [5.41, 5.74) is 5.66. The van der Waals surface area contributed by atoms with Crippen LogP contribution in [0.4, 0.5) is 0 Å². The number of hydrogen-bond acceptors (Lipinski definition) is 1. The monoisotopic (exact) mass is 215 g/mol. The van der Waals surface area contributed by atoms with Gasteiger partial charge in [0.25, 0.3) is 0 Å². The fraction of sp³-hybridized carbons (Fsp3) is 1.00. The molecule has 0 saturated carbocycles. The SMILES string of the molecule is NC1CC[Te]CC1. The summed E-state index contributed by atoms with van der Waals surface area (Å²) >= 11 is 0.462. The molecule has 0 aromatic rings. The van der Waals surface area contributed by atoms with Crippen LogP contribution in [0, 0.1) is 0 Å². The zero-order chi connectivity index (χ0) is 5.11. The molecule has 0 aromatic heterocycles. The van der Waals surface area contributed by atoms with Gasteiger partial charge in [0.1, 0.15) is 0 Å². The zero-order valence-electron chi connectivity index (χ0n) is 4.39. The van der Waals surface area contributed by atoms with Crippen molar-refractivity contribution in [3.05, 3.63) is 0 Å². The van der Waals surface area contributed by atoms with Gasteiger partial charge in [0.15, 0.2) is 0 Å². The molecule has 0 spiro atoms. The van der Waals surface area contributed by atoms with Crippen molar-refractivity contribution in [1.29, 1.82) is 0 Å². The maximum atomic E-state index is 5.66. The summed E-state index contributed by atoms with van der Waals surface area (Å²) in [7, 11) is 0. The molecule has 1 nitrogen and oxygen atoms in total. The Morgan fingerprint density at radius 2 is 1.86 bits per heavy atom. The topological polar surface area (TPSA) is 26.0 Å². The van der Waals surface area contributed by atoms with Gasteiger partial charge in [-0.25, -0.2) is 0 Å². The van der Waals surface area contributed by atoms with Crippen LogP contribution in [-0.2, 0) is 0 Å². The van der Waals surface area contributed by atoms with E-state index in [-0.39, 0.29) is 0 Å². The van der Waals surface area contributed by atoms with E-state index < -0.39 is 0 Å². The third-order valence-electron chi connectivity index (χ3n) is 1.27. The Kier molecular flexibility index (Phi) is 2.45. The predicted molar refractivity (Wildman–Crippen MR) is 32.6 cm³/mol. The summed E-state index contributed by atoms with van der Waals surface area (Å²) in [6.07, 6.45) is 2.64. The van der Waals surface area contributed by atoms with Crippen LogP contribution in [0.3, 0.4) is 0 Å². The van der Waals surface area contributed by atoms with Crippen LogP contribution < -0.4 is 5.73 Å². The summed E-state index contributed by atoms with van der Waals surface area (Å²) < 4.78 is 2.98. The summed E-state index contributed by atoms with van der Waals surface area (Å²) in [4.78, 5) is 0. The van der Waals surface area contributed by atoms with Crippen molar-refractivity contribution in [2.45, 2.75) is 27.8 Å². The van der Waals surface area contributed by atoms with Crippen molar-refractivity contribution in [1.82, 2.24) is 0 Å². The Morgan fingerprint density at radius 1 is 1.29 bits per heavy atom. The number of nitrogens with two attached hydrogens (primary N) is 1. The van der Waals surface area contributed by atoms with Crippen molar-refractivity contribution in [3.8, 4) is 0 Å². The van der Waals surface area contributed by atoms with Gasteiger partial charge in [-0.2, -0.15) is 0 Å². The molecular weight excluding hydrogens is 202 g/mol. The van der Waals surface area contributed by atoms with Crippen LogP contribution in [-0.4, -0.2) is 27.0 Å². The van der Waals surface area contributed by atoms with E-state index in [1.54, 1.807) is 0 Å². The standard InChI is InChI=1S/C5H11NTe/c6-5-1-3-7-4-2-5/h5H,1-4,6H2. The van der Waals surface area contributed by atoms with Gasteiger partial charge < -0.3 is 0 Å². The minimum atomic E-state index is 0.462. The molecule has 0 amide bonds. The molecule has 1 aliphatic rings. The van der Waals surface area contributed by atoms with Crippen LogP contribution in [0.2, 0.25) is 8.94 Å². The molecule has 7 heavy (non-hydrogen) atoms. The predicted octanol–water partition coefficient (Wildman–Crippen LogP) is 0.648. The first-order valence-electron chi connectivity index (χ1n) is 2.73. The zero-order valence-corrected chi connectivity index (χ0v) is 6.72. The average Bonchev–Trinajstić information content (AvgIpc) is 1.69. The second kappa shape index (κ2) is 2.91. The van der Waals surface area contributed by atoms with Gasteiger partial charge in [-0.1, -0.05) is 0 Å². The summed E-state index contributed by atoms with van der Waals surface area (Å²) in [6, 6.07) is 0.568. The first kappa shape index (κ1) is 5.88. The number of hydrogen-bond donors (Lipinski definition) is 1. The first-order chi connectivity index (χ1) is 3.39. The molecule has 1 aliphatic heterocycles. The van der Waals surface area contributed by atoms with E-state index in [4.69, 9.17) is 5.73 Å². The Labute approximate surface area is 54.7 Å². The van der Waals surface area contributed by atoms with Gasteiger partial charge in [0.05, 0.1) is 0 Å². The third kappa shape index (κ3) is 1.99. The van der Waals surface area contributed by atoms with Crippen molar-refractivity contribution >= 4 is 20.9 Å². The Hall–Kier alpha value is 0.750. The van der Waals surface area contributed by atoms with Crippen molar-refractivity contribution in [2.24, 2.45) is 5.73 Å². The molecule has 1 saturated heterocycles. The Balaban J connectivity index is 2.12. The molecule has 2 N–H and O–H groups in total. The maximum absolute atomic E-state index is 5.66. The van der Waals surface area contributed by atoms with E-state index in [1.807, 2.05) is 0 Å². The second-order valence-corrected chi connectivity index (χ2v) is 5.45. The Bertz CT molecular complexity index is 50.0. The molecule has 1 heterocycles. The van der Waals surface area contributed by atoms with E-state index in [9.17, 15) is 0 Å². The molecule has 0 bridgehead atoms. The van der Waals surface area contributed by atoms with Crippen LogP contribution in [0.15, 0.2) is 0 Å². The molecular formula is C5H11NTe. The van der Waals surface area contributed by atoms with Gasteiger partial charge in [-0.05, 0) is 0 Å². The fourth-order valence-electron chi connectivity index (χ4n) is 0.716. The van der Waals surface area contributed by atoms with E-state index >= 15 is 0 Å². The van der Waals surface area contributed by atoms with Gasteiger partial charge in [0, 0.05) is 0 Å². The van der Waals surface area contributed by atoms with E-state index in [0.29, 0.717) is 27.0 Å². The molecule has 0 unspecified atom stereocenters. The molecule has 1 fully saturated rings. The first-order valence-corrected chi connectivity index (χ1v) is 6.02. The van der Waals surface area contributed by atoms with Crippen LogP contribution in [0.5, 0.6) is 0 Å². The Morgan fingerprint density at radius 3 is 2.14 bits per heavy atom. The quantitative estimate of drug-likeness (QED) is 0.587. The average molecular weight is 213 g/mol. The summed E-state index contributed by atoms with van der Waals surface area (Å²) in [6.45, 7) is 0. The van der Waals surface area contributed by atoms with E-state index in [2.05, 4.69) is 0 Å². The van der Waals surface area contributed by atoms with Crippen molar-refractivity contribution in [2.75, 3.05) is 0 Å². The molecule has 1 rings (SSSR count). The minimum absolute atomic E-state index is 0.462. The van der Waals surface area contributed by atoms with E-state index in [1.165, 1.54) is 21.8 Å². The van der Waals surface area contributed by atoms with Crippen LogP contribution in [0.1, 0.15) is 12.8 Å². The summed E-state index contributed by atoms with van der Waals surface area (Å²) in [5.74, 6) is 0. The molecule has 0 atom stereocenters. The van der Waals surface area contributed by atoms with Crippen molar-refractivity contribution in [3.63, 3.8) is 0 Å². The van der Waals surface area contributed by atoms with Crippen LogP contribution >= 0.6 is 0 Å². The summed E-state index contributed by atoms with van der Waals surface area (Å²) in [5, 5.41) is 0. The van der Waals surface area contributed by atoms with Gasteiger partial charge in [-0.15, -0.1) is 0 Å². The third-order valence-corrected chi connectivity index (χ3v) is 4.26. The molecule has 0 aliphatic carbocycles. The molecule has 0 aromatic carbocycles. The normalized spacial score (nSPS) is 25.3. The van der Waals surface area contributed by atoms with Gasteiger partial charge in [0.2, 0.25) is 0 Å². The molecule has 2 heteroatoms. The van der Waals surface area contributed by atoms with Crippen LogP contribution in [0.25, 0.3) is 0 Å². The van der Waals surface area contributed by atoms with E-state index in [0.717, 1.165) is 0 Å².